The average molecular weight is 396 g/mol. The Morgan fingerprint density at radius 3 is 2.59 bits per heavy atom. The molecule has 1 amide bonds. The van der Waals surface area contributed by atoms with E-state index < -0.39 is 11.6 Å². The number of ether oxygens (including phenoxy) is 1. The molecule has 1 aromatic carbocycles. The van der Waals surface area contributed by atoms with Gasteiger partial charge in [0, 0.05) is 24.3 Å². The van der Waals surface area contributed by atoms with Crippen LogP contribution in [0.2, 0.25) is 0 Å². The van der Waals surface area contributed by atoms with Crippen molar-refractivity contribution in [1.29, 1.82) is 0 Å². The molecular formula is C23H28N2O4. The highest BCUT2D eigenvalue weighted by Crippen LogP contribution is 2.25. The van der Waals surface area contributed by atoms with Crippen molar-refractivity contribution in [3.8, 4) is 11.3 Å². The van der Waals surface area contributed by atoms with Gasteiger partial charge in [-0.3, -0.25) is 4.98 Å². The number of hydrogen-bond donors (Lipinski definition) is 1. The van der Waals surface area contributed by atoms with Crippen LogP contribution in [0.4, 0.5) is 4.79 Å². The smallest absolute Gasteiger partial charge is 0.410 e. The zero-order chi connectivity index (χ0) is 21.0. The maximum atomic E-state index is 12.4. The maximum absolute atomic E-state index is 12.4. The Kier molecular flexibility index (Phi) is 6.20. The molecule has 2 aromatic rings. The van der Waals surface area contributed by atoms with Crippen molar-refractivity contribution in [3.63, 3.8) is 0 Å². The first-order valence-electron chi connectivity index (χ1n) is 10.0. The summed E-state index contributed by atoms with van der Waals surface area (Å²) in [7, 11) is 0. The minimum atomic E-state index is -0.940. The number of likely N-dealkylation sites (tertiary alicyclic amines) is 1. The van der Waals surface area contributed by atoms with Crippen LogP contribution in [0.15, 0.2) is 42.6 Å². The first-order valence-corrected chi connectivity index (χ1v) is 10.0. The fourth-order valence-electron chi connectivity index (χ4n) is 3.60. The predicted molar refractivity (Wildman–Crippen MR) is 111 cm³/mol. The zero-order valence-electron chi connectivity index (χ0n) is 17.2. The molecule has 1 atom stereocenters. The number of pyridine rings is 1. The fourth-order valence-corrected chi connectivity index (χ4v) is 3.60. The molecule has 1 saturated heterocycles. The summed E-state index contributed by atoms with van der Waals surface area (Å²) in [4.78, 5) is 29.7. The molecule has 1 unspecified atom stereocenters. The molecule has 1 N–H and O–H groups in total. The Morgan fingerprint density at radius 1 is 1.21 bits per heavy atom. The van der Waals surface area contributed by atoms with Gasteiger partial charge in [-0.05, 0) is 76.3 Å². The van der Waals surface area contributed by atoms with E-state index in [1.54, 1.807) is 30.5 Å². The van der Waals surface area contributed by atoms with Gasteiger partial charge < -0.3 is 14.7 Å². The molecule has 29 heavy (non-hydrogen) atoms. The summed E-state index contributed by atoms with van der Waals surface area (Å²) < 4.78 is 5.54. The molecule has 2 heterocycles. The number of nitrogens with zero attached hydrogens (tertiary/aromatic N) is 2. The quantitative estimate of drug-likeness (QED) is 0.787. The second-order valence-corrected chi connectivity index (χ2v) is 8.44. The normalized spacial score (nSPS) is 16.7. The van der Waals surface area contributed by atoms with E-state index in [-0.39, 0.29) is 17.7 Å². The van der Waals surface area contributed by atoms with Gasteiger partial charge in [0.05, 0.1) is 11.3 Å². The third-order valence-corrected chi connectivity index (χ3v) is 5.02. The molecule has 0 saturated carbocycles. The van der Waals surface area contributed by atoms with Gasteiger partial charge in [-0.1, -0.05) is 12.1 Å². The van der Waals surface area contributed by atoms with Crippen molar-refractivity contribution in [3.05, 3.63) is 53.7 Å². The van der Waals surface area contributed by atoms with E-state index in [1.807, 2.05) is 37.8 Å². The average Bonchev–Trinajstić information content (AvgIpc) is 3.14. The van der Waals surface area contributed by atoms with Gasteiger partial charge in [0.1, 0.15) is 5.60 Å². The third-order valence-electron chi connectivity index (χ3n) is 5.02. The molecule has 1 aliphatic rings. The van der Waals surface area contributed by atoms with E-state index in [9.17, 15) is 9.59 Å². The van der Waals surface area contributed by atoms with E-state index in [1.165, 1.54) is 0 Å². The maximum Gasteiger partial charge on any atom is 0.410 e. The van der Waals surface area contributed by atoms with Crippen molar-refractivity contribution >= 4 is 12.1 Å². The molecule has 0 bridgehead atoms. The first-order chi connectivity index (χ1) is 13.7. The van der Waals surface area contributed by atoms with Crippen LogP contribution in [-0.2, 0) is 11.2 Å². The molecule has 6 heteroatoms. The van der Waals surface area contributed by atoms with Gasteiger partial charge >= 0.3 is 12.1 Å². The van der Waals surface area contributed by atoms with E-state index in [4.69, 9.17) is 9.84 Å². The lowest BCUT2D eigenvalue weighted by Crippen LogP contribution is -2.40. The lowest BCUT2D eigenvalue weighted by Gasteiger charge is -2.28. The van der Waals surface area contributed by atoms with Crippen molar-refractivity contribution in [1.82, 2.24) is 9.88 Å². The van der Waals surface area contributed by atoms with E-state index >= 15 is 0 Å². The van der Waals surface area contributed by atoms with Crippen LogP contribution in [0.25, 0.3) is 11.3 Å². The topological polar surface area (TPSA) is 79.7 Å². The van der Waals surface area contributed by atoms with Gasteiger partial charge in [-0.2, -0.15) is 0 Å². The summed E-state index contributed by atoms with van der Waals surface area (Å²) in [6.45, 7) is 6.41. The molecule has 0 radical (unpaired) electrons. The molecule has 3 rings (SSSR count). The predicted octanol–water partition coefficient (Wildman–Crippen LogP) is 4.78. The zero-order valence-corrected chi connectivity index (χ0v) is 17.2. The summed E-state index contributed by atoms with van der Waals surface area (Å²) in [6, 6.07) is 10.9. The summed E-state index contributed by atoms with van der Waals surface area (Å²) in [5, 5.41) is 9.03. The SMILES string of the molecule is CC(C)(C)OC(=O)N1CCCC1CCc1ccnc(-c2ccc(C(=O)O)cc2)c1. The van der Waals surface area contributed by atoms with Crippen molar-refractivity contribution in [2.75, 3.05) is 6.54 Å². The molecule has 1 aromatic heterocycles. The molecule has 1 fully saturated rings. The monoisotopic (exact) mass is 396 g/mol. The Balaban J connectivity index is 1.64. The number of aromatic carboxylic acids is 1. The van der Waals surface area contributed by atoms with Crippen LogP contribution in [0, 0.1) is 0 Å². The summed E-state index contributed by atoms with van der Waals surface area (Å²) in [5.74, 6) is -0.940. The minimum absolute atomic E-state index is 0.191. The Labute approximate surface area is 171 Å². The number of benzene rings is 1. The molecular weight excluding hydrogens is 368 g/mol. The van der Waals surface area contributed by atoms with Crippen molar-refractivity contribution in [2.24, 2.45) is 0 Å². The molecule has 6 nitrogen and oxygen atoms in total. The Bertz CT molecular complexity index is 871. The van der Waals surface area contributed by atoms with Gasteiger partial charge in [0.15, 0.2) is 0 Å². The standard InChI is InChI=1S/C23H28N2O4/c1-23(2,3)29-22(28)25-14-4-5-19(25)11-6-16-12-13-24-20(15-16)17-7-9-18(10-8-17)21(26)27/h7-10,12-13,15,19H,4-6,11,14H2,1-3H3,(H,26,27). The first kappa shape index (κ1) is 20.8. The number of carbonyl (C=O) groups excluding carboxylic acids is 1. The van der Waals surface area contributed by atoms with Gasteiger partial charge in [0.2, 0.25) is 0 Å². The lowest BCUT2D eigenvalue weighted by atomic mass is 10.0. The highest BCUT2D eigenvalue weighted by atomic mass is 16.6. The lowest BCUT2D eigenvalue weighted by molar-refractivity contribution is 0.0220. The molecule has 1 aliphatic heterocycles. The van der Waals surface area contributed by atoms with Gasteiger partial charge in [0.25, 0.3) is 0 Å². The van der Waals surface area contributed by atoms with Crippen molar-refractivity contribution in [2.45, 2.75) is 58.1 Å². The summed E-state index contributed by atoms with van der Waals surface area (Å²) >= 11 is 0. The third kappa shape index (κ3) is 5.56. The van der Waals surface area contributed by atoms with Gasteiger partial charge in [-0.25, -0.2) is 9.59 Å². The fraction of sp³-hybridized carbons (Fsp3) is 0.435. The summed E-state index contributed by atoms with van der Waals surface area (Å²) in [5.41, 5.74) is 2.62. The van der Waals surface area contributed by atoms with Crippen LogP contribution >= 0.6 is 0 Å². The summed E-state index contributed by atoms with van der Waals surface area (Å²) in [6.07, 6.45) is 5.26. The van der Waals surface area contributed by atoms with E-state index in [0.717, 1.165) is 49.0 Å². The van der Waals surface area contributed by atoms with Crippen LogP contribution in [0.3, 0.4) is 0 Å². The second kappa shape index (κ2) is 8.64. The van der Waals surface area contributed by atoms with E-state index in [2.05, 4.69) is 4.98 Å². The number of amides is 1. The van der Waals surface area contributed by atoms with Crippen LogP contribution in [0.1, 0.15) is 56.0 Å². The van der Waals surface area contributed by atoms with Gasteiger partial charge in [-0.15, -0.1) is 0 Å². The van der Waals surface area contributed by atoms with Crippen molar-refractivity contribution < 1.29 is 19.4 Å². The largest absolute Gasteiger partial charge is 0.478 e. The minimum Gasteiger partial charge on any atom is -0.478 e. The van der Waals surface area contributed by atoms with Crippen LogP contribution < -0.4 is 0 Å². The number of carbonyl (C=O) groups is 2. The number of carboxylic acid groups (broad SMARTS) is 1. The number of aromatic nitrogens is 1. The molecule has 0 aliphatic carbocycles. The number of aryl methyl sites for hydroxylation is 1. The number of carboxylic acids is 1. The number of rotatable bonds is 5. The molecule has 0 spiro atoms. The van der Waals surface area contributed by atoms with Crippen LogP contribution in [-0.4, -0.2) is 45.2 Å². The Morgan fingerprint density at radius 2 is 1.93 bits per heavy atom. The highest BCUT2D eigenvalue weighted by molar-refractivity contribution is 5.88. The van der Waals surface area contributed by atoms with E-state index in [0.29, 0.717) is 0 Å². The number of hydrogen-bond acceptors (Lipinski definition) is 4. The molecule has 154 valence electrons. The Hall–Kier alpha value is -2.89. The van der Waals surface area contributed by atoms with Crippen LogP contribution in [0.5, 0.6) is 0 Å². The second-order valence-electron chi connectivity index (χ2n) is 8.44. The highest BCUT2D eigenvalue weighted by Gasteiger charge is 2.31.